The molecule has 78 valence electrons. The lowest BCUT2D eigenvalue weighted by molar-refractivity contribution is -0.137. The topological polar surface area (TPSA) is 75.3 Å². The molecular weight excluding hydrogens is 220 g/mol. The summed E-state index contributed by atoms with van der Waals surface area (Å²) in [6.07, 6.45) is 0. The van der Waals surface area contributed by atoms with Crippen LogP contribution in [-0.4, -0.2) is 25.7 Å². The number of halogens is 1. The number of hydrogen-bond donors (Lipinski definition) is 2. The van der Waals surface area contributed by atoms with Gasteiger partial charge in [-0.1, -0.05) is 6.07 Å². The Labute approximate surface area is 89.5 Å². The van der Waals surface area contributed by atoms with Gasteiger partial charge < -0.3 is 14.8 Å². The summed E-state index contributed by atoms with van der Waals surface area (Å²) in [6.45, 7) is -0.326. The molecule has 0 aliphatic carbocycles. The quantitative estimate of drug-likeness (QED) is 0.813. The van der Waals surface area contributed by atoms with E-state index in [2.05, 4.69) is 4.98 Å². The maximum atomic E-state index is 10.6. The van der Waals surface area contributed by atoms with Gasteiger partial charge in [0.1, 0.15) is 17.8 Å². The molecule has 5 nitrogen and oxygen atoms in total. The number of nitrogens with zero attached hydrogens (tertiary/aromatic N) is 2. The standard InChI is InChI=1S/C9H7ClN2O3/c10-9-11-5-2-1-3-6(13)8(5)12(9)4-7(14)15/h1-3,13H,4H2,(H,14,15). The predicted molar refractivity (Wildman–Crippen MR) is 54.0 cm³/mol. The molecule has 1 aromatic heterocycles. The second-order valence-corrected chi connectivity index (χ2v) is 3.34. The van der Waals surface area contributed by atoms with E-state index in [-0.39, 0.29) is 17.6 Å². The second-order valence-electron chi connectivity index (χ2n) is 3.01. The first-order valence-electron chi connectivity index (χ1n) is 4.15. The summed E-state index contributed by atoms with van der Waals surface area (Å²) in [5.41, 5.74) is 0.811. The smallest absolute Gasteiger partial charge is 0.323 e. The van der Waals surface area contributed by atoms with Crippen LogP contribution < -0.4 is 0 Å². The molecule has 0 fully saturated rings. The lowest BCUT2D eigenvalue weighted by Crippen LogP contribution is -2.08. The number of benzene rings is 1. The van der Waals surface area contributed by atoms with Gasteiger partial charge >= 0.3 is 5.97 Å². The fourth-order valence-electron chi connectivity index (χ4n) is 1.42. The van der Waals surface area contributed by atoms with E-state index in [0.29, 0.717) is 11.0 Å². The van der Waals surface area contributed by atoms with Crippen molar-refractivity contribution in [1.29, 1.82) is 0 Å². The molecule has 0 amide bonds. The van der Waals surface area contributed by atoms with Crippen molar-refractivity contribution in [2.75, 3.05) is 0 Å². The van der Waals surface area contributed by atoms with Crippen molar-refractivity contribution < 1.29 is 15.0 Å². The minimum absolute atomic E-state index is 0.0341. The minimum atomic E-state index is -1.04. The van der Waals surface area contributed by atoms with Crippen molar-refractivity contribution in [3.05, 3.63) is 23.5 Å². The van der Waals surface area contributed by atoms with Gasteiger partial charge in [-0.25, -0.2) is 4.98 Å². The predicted octanol–water partition coefficient (Wildman–Crippen LogP) is 1.48. The third kappa shape index (κ3) is 1.61. The third-order valence-corrected chi connectivity index (χ3v) is 2.28. The zero-order chi connectivity index (χ0) is 11.0. The Morgan fingerprint density at radius 3 is 2.93 bits per heavy atom. The van der Waals surface area contributed by atoms with E-state index in [1.54, 1.807) is 12.1 Å². The summed E-state index contributed by atoms with van der Waals surface area (Å²) >= 11 is 5.76. The number of carboxylic acid groups (broad SMARTS) is 1. The molecule has 2 N–H and O–H groups in total. The molecule has 2 aromatic rings. The first-order chi connectivity index (χ1) is 7.09. The van der Waals surface area contributed by atoms with E-state index < -0.39 is 5.97 Å². The van der Waals surface area contributed by atoms with Crippen molar-refractivity contribution >= 4 is 28.6 Å². The van der Waals surface area contributed by atoms with Crippen LogP contribution in [-0.2, 0) is 11.3 Å². The van der Waals surface area contributed by atoms with Crippen LogP contribution in [0.4, 0.5) is 0 Å². The van der Waals surface area contributed by atoms with Gasteiger partial charge in [0.2, 0.25) is 5.28 Å². The molecule has 0 saturated heterocycles. The molecule has 0 atom stereocenters. The molecule has 0 saturated carbocycles. The number of aromatic nitrogens is 2. The van der Waals surface area contributed by atoms with E-state index in [0.717, 1.165) is 0 Å². The number of rotatable bonds is 2. The van der Waals surface area contributed by atoms with Gasteiger partial charge in [0, 0.05) is 0 Å². The van der Waals surface area contributed by atoms with Crippen molar-refractivity contribution in [3.63, 3.8) is 0 Å². The minimum Gasteiger partial charge on any atom is -0.506 e. The number of carboxylic acids is 1. The Hall–Kier alpha value is -1.75. The van der Waals surface area contributed by atoms with Crippen LogP contribution in [0.1, 0.15) is 0 Å². The first kappa shape index (κ1) is 9.79. The van der Waals surface area contributed by atoms with Gasteiger partial charge in [-0.2, -0.15) is 0 Å². The highest BCUT2D eigenvalue weighted by Gasteiger charge is 2.14. The van der Waals surface area contributed by atoms with E-state index >= 15 is 0 Å². The van der Waals surface area contributed by atoms with Gasteiger partial charge in [0.05, 0.1) is 5.52 Å². The molecule has 6 heteroatoms. The van der Waals surface area contributed by atoms with Gasteiger partial charge in [-0.3, -0.25) is 4.79 Å². The number of carbonyl (C=O) groups is 1. The summed E-state index contributed by atoms with van der Waals surface area (Å²) in [5.74, 6) is -1.08. The third-order valence-electron chi connectivity index (χ3n) is 1.99. The number of imidazole rings is 1. The summed E-state index contributed by atoms with van der Waals surface area (Å²) < 4.78 is 1.24. The average molecular weight is 227 g/mol. The Balaban J connectivity index is 2.71. The Kier molecular flexibility index (Phi) is 2.24. The fourth-order valence-corrected chi connectivity index (χ4v) is 1.65. The van der Waals surface area contributed by atoms with E-state index in [9.17, 15) is 9.90 Å². The lowest BCUT2D eigenvalue weighted by atomic mass is 10.3. The number of phenolic OH excluding ortho intramolecular Hbond substituents is 1. The molecule has 2 rings (SSSR count). The SMILES string of the molecule is O=C(O)Cn1c(Cl)nc2cccc(O)c21. The lowest BCUT2D eigenvalue weighted by Gasteiger charge is -2.02. The Morgan fingerprint density at radius 1 is 1.53 bits per heavy atom. The van der Waals surface area contributed by atoms with Crippen molar-refractivity contribution in [2.45, 2.75) is 6.54 Å². The molecule has 0 spiro atoms. The normalized spacial score (nSPS) is 10.7. The molecular formula is C9H7ClN2O3. The highest BCUT2D eigenvalue weighted by molar-refractivity contribution is 6.29. The maximum absolute atomic E-state index is 10.6. The van der Waals surface area contributed by atoms with Crippen LogP contribution >= 0.6 is 11.6 Å². The molecule has 0 aliphatic heterocycles. The van der Waals surface area contributed by atoms with Crippen LogP contribution in [0.3, 0.4) is 0 Å². The van der Waals surface area contributed by atoms with Gasteiger partial charge in [-0.15, -0.1) is 0 Å². The summed E-state index contributed by atoms with van der Waals surface area (Å²) in [6, 6.07) is 4.73. The van der Waals surface area contributed by atoms with Gasteiger partial charge in [-0.05, 0) is 23.7 Å². The summed E-state index contributed by atoms with van der Waals surface area (Å²) in [4.78, 5) is 14.5. The average Bonchev–Trinajstić information content (AvgIpc) is 2.43. The number of phenols is 1. The summed E-state index contributed by atoms with van der Waals surface area (Å²) in [5, 5.41) is 18.3. The van der Waals surface area contributed by atoms with Crippen molar-refractivity contribution in [3.8, 4) is 5.75 Å². The molecule has 1 aromatic carbocycles. The Morgan fingerprint density at radius 2 is 2.27 bits per heavy atom. The summed E-state index contributed by atoms with van der Waals surface area (Å²) in [7, 11) is 0. The van der Waals surface area contributed by atoms with Crippen LogP contribution in [0.5, 0.6) is 5.75 Å². The number of hydrogen-bond acceptors (Lipinski definition) is 3. The van der Waals surface area contributed by atoms with E-state index in [4.69, 9.17) is 16.7 Å². The zero-order valence-corrected chi connectivity index (χ0v) is 8.27. The van der Waals surface area contributed by atoms with Crippen molar-refractivity contribution in [2.24, 2.45) is 0 Å². The molecule has 0 aliphatic rings. The number of aromatic hydroxyl groups is 1. The van der Waals surface area contributed by atoms with Crippen LogP contribution in [0.15, 0.2) is 18.2 Å². The Bertz CT molecular complexity index is 535. The van der Waals surface area contributed by atoms with Crippen LogP contribution in [0, 0.1) is 0 Å². The highest BCUT2D eigenvalue weighted by atomic mass is 35.5. The molecule has 15 heavy (non-hydrogen) atoms. The monoisotopic (exact) mass is 226 g/mol. The number of fused-ring (bicyclic) bond motifs is 1. The van der Waals surface area contributed by atoms with Crippen LogP contribution in [0.25, 0.3) is 11.0 Å². The zero-order valence-electron chi connectivity index (χ0n) is 7.51. The molecule has 0 unspecified atom stereocenters. The largest absolute Gasteiger partial charge is 0.506 e. The number of aliphatic carboxylic acids is 1. The first-order valence-corrected chi connectivity index (χ1v) is 4.53. The van der Waals surface area contributed by atoms with E-state index in [1.165, 1.54) is 10.6 Å². The van der Waals surface area contributed by atoms with Gasteiger partial charge in [0.25, 0.3) is 0 Å². The molecule has 0 radical (unpaired) electrons. The highest BCUT2D eigenvalue weighted by Crippen LogP contribution is 2.27. The maximum Gasteiger partial charge on any atom is 0.323 e. The molecule has 0 bridgehead atoms. The molecule has 1 heterocycles. The van der Waals surface area contributed by atoms with Crippen molar-refractivity contribution in [1.82, 2.24) is 9.55 Å². The number of para-hydroxylation sites is 1. The van der Waals surface area contributed by atoms with Crippen LogP contribution in [0.2, 0.25) is 5.28 Å². The second kappa shape index (κ2) is 3.43. The van der Waals surface area contributed by atoms with E-state index in [1.807, 2.05) is 0 Å². The van der Waals surface area contributed by atoms with Gasteiger partial charge in [0.15, 0.2) is 0 Å². The fraction of sp³-hybridized carbons (Fsp3) is 0.111.